The molecule has 3 N–H and O–H groups in total. The van der Waals surface area contributed by atoms with E-state index in [0.29, 0.717) is 11.4 Å². The van der Waals surface area contributed by atoms with E-state index in [9.17, 15) is 9.59 Å². The van der Waals surface area contributed by atoms with Crippen molar-refractivity contribution >= 4 is 46.5 Å². The molecule has 1 aromatic carbocycles. The summed E-state index contributed by atoms with van der Waals surface area (Å²) in [6.45, 7) is 2.75. The Morgan fingerprint density at radius 3 is 2.74 bits per heavy atom. The molecular formula is C21H23F2N7O4S. The number of amides is 3. The van der Waals surface area contributed by atoms with Crippen molar-refractivity contribution in [3.63, 3.8) is 0 Å². The van der Waals surface area contributed by atoms with E-state index in [1.165, 1.54) is 27.1 Å². The molecule has 0 bridgehead atoms. The van der Waals surface area contributed by atoms with Crippen molar-refractivity contribution in [1.29, 1.82) is 0 Å². The van der Waals surface area contributed by atoms with Crippen LogP contribution in [-0.4, -0.2) is 71.6 Å². The highest BCUT2D eigenvalue weighted by Crippen LogP contribution is 2.46. The number of halogens is 2. The minimum absolute atomic E-state index is 0.0805. The third-order valence-corrected chi connectivity index (χ3v) is 6.28. The number of benzene rings is 1. The summed E-state index contributed by atoms with van der Waals surface area (Å²) in [7, 11) is 0. The number of carbonyl (C=O) groups excluding carboxylic acids is 2. The second-order valence-corrected chi connectivity index (χ2v) is 9.21. The molecule has 186 valence electrons. The maximum absolute atomic E-state index is 15.2. The van der Waals surface area contributed by atoms with Crippen LogP contribution >= 0.6 is 12.2 Å². The Hall–Kier alpha value is -3.52. The van der Waals surface area contributed by atoms with E-state index in [4.69, 9.17) is 17.0 Å². The zero-order valence-electron chi connectivity index (χ0n) is 18.7. The molecule has 2 atom stereocenters. The zero-order valence-corrected chi connectivity index (χ0v) is 19.5. The van der Waals surface area contributed by atoms with Gasteiger partial charge >= 0.3 is 12.1 Å². The van der Waals surface area contributed by atoms with Gasteiger partial charge in [0.25, 0.3) is 0 Å². The van der Waals surface area contributed by atoms with Crippen molar-refractivity contribution in [2.75, 3.05) is 47.8 Å². The highest BCUT2D eigenvalue weighted by atomic mass is 32.1. The van der Waals surface area contributed by atoms with Gasteiger partial charge in [-0.2, -0.15) is 0 Å². The fourth-order valence-electron chi connectivity index (χ4n) is 4.38. The van der Waals surface area contributed by atoms with E-state index in [0.717, 1.165) is 12.1 Å². The molecule has 14 heteroatoms. The van der Waals surface area contributed by atoms with Crippen LogP contribution in [0.25, 0.3) is 0 Å². The van der Waals surface area contributed by atoms with E-state index in [1.54, 1.807) is 6.92 Å². The largest absolute Gasteiger partial charge is 0.438 e. The smallest absolute Gasteiger partial charge is 0.415 e. The van der Waals surface area contributed by atoms with Crippen molar-refractivity contribution in [3.8, 4) is 0 Å². The predicted molar refractivity (Wildman–Crippen MR) is 125 cm³/mol. The monoisotopic (exact) mass is 507 g/mol. The Bertz CT molecular complexity index is 1140. The molecule has 3 aliphatic rings. The molecular weight excluding hydrogens is 484 g/mol. The van der Waals surface area contributed by atoms with Crippen molar-refractivity contribution in [1.82, 2.24) is 20.9 Å². The first-order valence-electron chi connectivity index (χ1n) is 11.0. The van der Waals surface area contributed by atoms with Crippen LogP contribution in [0.4, 0.5) is 35.6 Å². The molecule has 5 rings (SSSR count). The van der Waals surface area contributed by atoms with Gasteiger partial charge in [-0.25, -0.2) is 23.8 Å². The molecule has 1 aromatic heterocycles. The summed E-state index contributed by atoms with van der Waals surface area (Å²) in [5.74, 6) is -1.37. The number of rotatable bonds is 4. The summed E-state index contributed by atoms with van der Waals surface area (Å²) in [5, 5.41) is 10.6. The van der Waals surface area contributed by atoms with Crippen molar-refractivity contribution in [2.24, 2.45) is 0 Å². The number of hydrazine groups is 1. The van der Waals surface area contributed by atoms with Crippen LogP contribution in [0.2, 0.25) is 0 Å². The van der Waals surface area contributed by atoms with Gasteiger partial charge in [0.15, 0.2) is 23.1 Å². The number of urea groups is 1. The summed E-state index contributed by atoms with van der Waals surface area (Å²) < 4.78 is 40.5. The van der Waals surface area contributed by atoms with Gasteiger partial charge in [-0.05, 0) is 6.92 Å². The maximum Gasteiger partial charge on any atom is 0.415 e. The fraction of sp³-hybridized carbons (Fsp3) is 0.429. The SMILES string of the molecule is CC(=S)NC1CC12CN(c1cc(F)c(N3CCNN(C(=O)Nc4ccon4)CC3)c(F)c1)C(=O)O2. The standard InChI is InChI=1S/C21H23F2N7O4S/c1-12(35)25-16-10-21(16)11-29(20(32)34-21)13-8-14(22)18(15(23)9-13)28-4-3-24-30(6-5-28)19(31)26-17-2-7-33-27-17/h2,7-9,16,24H,3-6,10-11H2,1H3,(H,25,35)(H,26,27,31). The van der Waals surface area contributed by atoms with Crippen LogP contribution in [0.5, 0.6) is 0 Å². The fourth-order valence-corrected chi connectivity index (χ4v) is 4.53. The highest BCUT2D eigenvalue weighted by Gasteiger charge is 2.64. The first-order valence-corrected chi connectivity index (χ1v) is 11.4. The minimum Gasteiger partial charge on any atom is -0.438 e. The summed E-state index contributed by atoms with van der Waals surface area (Å²) >= 11 is 5.04. The Balaban J connectivity index is 1.26. The summed E-state index contributed by atoms with van der Waals surface area (Å²) in [6.07, 6.45) is 1.24. The molecule has 35 heavy (non-hydrogen) atoms. The molecule has 11 nitrogen and oxygen atoms in total. The first-order chi connectivity index (χ1) is 16.8. The normalized spacial score (nSPS) is 23.8. The Morgan fingerprint density at radius 1 is 1.29 bits per heavy atom. The van der Waals surface area contributed by atoms with Crippen LogP contribution < -0.4 is 25.9 Å². The average molecular weight is 508 g/mol. The molecule has 2 aromatic rings. The predicted octanol–water partition coefficient (Wildman–Crippen LogP) is 2.22. The Kier molecular flexibility index (Phi) is 5.92. The molecule has 1 saturated carbocycles. The lowest BCUT2D eigenvalue weighted by Crippen LogP contribution is -2.46. The van der Waals surface area contributed by atoms with E-state index in [1.807, 2.05) is 0 Å². The van der Waals surface area contributed by atoms with Gasteiger partial charge < -0.3 is 19.5 Å². The van der Waals surface area contributed by atoms with Crippen LogP contribution in [0, 0.1) is 11.6 Å². The molecule has 2 unspecified atom stereocenters. The molecule has 3 heterocycles. The molecule has 3 amide bonds. The minimum atomic E-state index is -0.811. The molecule has 3 fully saturated rings. The number of anilines is 3. The number of thiocarbonyl (C=S) groups is 1. The lowest BCUT2D eigenvalue weighted by Gasteiger charge is -2.25. The Morgan fingerprint density at radius 2 is 2.06 bits per heavy atom. The van der Waals surface area contributed by atoms with E-state index in [-0.39, 0.29) is 56.0 Å². The van der Waals surface area contributed by atoms with Gasteiger partial charge in [-0.15, -0.1) is 0 Å². The average Bonchev–Trinajstić information content (AvgIpc) is 3.07. The molecule has 2 aliphatic heterocycles. The summed E-state index contributed by atoms with van der Waals surface area (Å²) in [6, 6.07) is 3.15. The van der Waals surface area contributed by atoms with Crippen molar-refractivity contribution < 1.29 is 27.6 Å². The van der Waals surface area contributed by atoms with Crippen LogP contribution in [0.1, 0.15) is 13.3 Å². The van der Waals surface area contributed by atoms with Gasteiger partial charge in [0.2, 0.25) is 0 Å². The van der Waals surface area contributed by atoms with Crippen molar-refractivity contribution in [3.05, 3.63) is 36.1 Å². The molecule has 1 aliphatic carbocycles. The number of carbonyl (C=O) groups is 2. The van der Waals surface area contributed by atoms with Gasteiger partial charge in [-0.1, -0.05) is 17.4 Å². The Labute approximate surface area is 204 Å². The van der Waals surface area contributed by atoms with E-state index < -0.39 is 29.4 Å². The molecule has 0 radical (unpaired) electrons. The number of hydrogen-bond donors (Lipinski definition) is 3. The number of nitrogens with one attached hydrogen (secondary N) is 3. The van der Waals surface area contributed by atoms with Crippen LogP contribution in [0.3, 0.4) is 0 Å². The third-order valence-electron chi connectivity index (χ3n) is 6.16. The molecule has 2 saturated heterocycles. The van der Waals surface area contributed by atoms with Crippen LogP contribution in [-0.2, 0) is 4.74 Å². The first kappa shape index (κ1) is 23.2. The number of aromatic nitrogens is 1. The maximum atomic E-state index is 15.2. The van der Waals surface area contributed by atoms with Gasteiger partial charge in [0, 0.05) is 44.3 Å². The number of ether oxygens (including phenoxy) is 1. The van der Waals surface area contributed by atoms with Gasteiger partial charge in [-0.3, -0.25) is 15.2 Å². The van der Waals surface area contributed by atoms with Crippen LogP contribution in [0.15, 0.2) is 29.0 Å². The van der Waals surface area contributed by atoms with E-state index >= 15 is 8.78 Å². The number of nitrogens with zero attached hydrogens (tertiary/aromatic N) is 4. The quantitative estimate of drug-likeness (QED) is 0.536. The summed E-state index contributed by atoms with van der Waals surface area (Å²) in [4.78, 5) is 28.2. The lowest BCUT2D eigenvalue weighted by atomic mass is 10.2. The number of hydrogen-bond acceptors (Lipinski definition) is 8. The van der Waals surface area contributed by atoms with Gasteiger partial charge in [0.1, 0.15) is 12.0 Å². The van der Waals surface area contributed by atoms with Gasteiger partial charge in [0.05, 0.1) is 29.8 Å². The second-order valence-electron chi connectivity index (χ2n) is 8.60. The second kappa shape index (κ2) is 8.92. The lowest BCUT2D eigenvalue weighted by molar-refractivity contribution is 0.124. The third kappa shape index (κ3) is 4.58. The molecule has 1 spiro atoms. The van der Waals surface area contributed by atoms with Crippen molar-refractivity contribution in [2.45, 2.75) is 25.0 Å². The van der Waals surface area contributed by atoms with E-state index in [2.05, 4.69) is 25.7 Å². The highest BCUT2D eigenvalue weighted by molar-refractivity contribution is 7.80. The summed E-state index contributed by atoms with van der Waals surface area (Å²) in [5.41, 5.74) is 2.04. The topological polar surface area (TPSA) is 115 Å². The zero-order chi connectivity index (χ0) is 24.7.